The fourth-order valence-corrected chi connectivity index (χ4v) is 2.76. The van der Waals surface area contributed by atoms with Crippen molar-refractivity contribution in [2.75, 3.05) is 13.1 Å². The monoisotopic (exact) mass is 346 g/mol. The van der Waals surface area contributed by atoms with E-state index >= 15 is 0 Å². The van der Waals surface area contributed by atoms with Crippen molar-refractivity contribution >= 4 is 0 Å². The molecular weight excluding hydrogens is 320 g/mol. The van der Waals surface area contributed by atoms with E-state index in [0.717, 1.165) is 50.4 Å². The third-order valence-corrected chi connectivity index (χ3v) is 4.25. The minimum absolute atomic E-state index is 0.752. The number of hydrogen-bond donors (Lipinski definition) is 2. The summed E-state index contributed by atoms with van der Waals surface area (Å²) in [5.41, 5.74) is 4.66. The van der Waals surface area contributed by atoms with Gasteiger partial charge in [0, 0.05) is 13.1 Å². The summed E-state index contributed by atoms with van der Waals surface area (Å²) in [5.74, 6) is 0. The summed E-state index contributed by atoms with van der Waals surface area (Å²) in [7, 11) is 0. The van der Waals surface area contributed by atoms with Gasteiger partial charge >= 0.3 is 0 Å². The largest absolute Gasteiger partial charge is 0.311 e. The normalized spacial score (nSPS) is 10.8. The molecule has 0 unspecified atom stereocenters. The van der Waals surface area contributed by atoms with Crippen molar-refractivity contribution in [1.29, 1.82) is 0 Å². The van der Waals surface area contributed by atoms with E-state index in [4.69, 9.17) is 0 Å². The molecule has 2 aromatic carbocycles. The maximum absolute atomic E-state index is 4.31. The molecule has 2 N–H and O–H groups in total. The highest BCUT2D eigenvalue weighted by Crippen LogP contribution is 2.01. The lowest BCUT2D eigenvalue weighted by Crippen LogP contribution is -2.19. The number of hydrogen-bond acceptors (Lipinski definition) is 4. The molecule has 0 amide bonds. The number of rotatable bonds is 10. The van der Waals surface area contributed by atoms with E-state index in [9.17, 15) is 0 Å². The molecule has 0 spiro atoms. The van der Waals surface area contributed by atoms with Gasteiger partial charge in [-0.15, -0.1) is 0 Å². The van der Waals surface area contributed by atoms with Gasteiger partial charge in [0.2, 0.25) is 0 Å². The van der Waals surface area contributed by atoms with Crippen molar-refractivity contribution in [3.05, 3.63) is 95.3 Å². The molecule has 3 rings (SSSR count). The van der Waals surface area contributed by atoms with Crippen LogP contribution in [0.3, 0.4) is 0 Å². The predicted octanol–water partition coefficient (Wildman–Crippen LogP) is 3.14. The maximum atomic E-state index is 4.31. The summed E-state index contributed by atoms with van der Waals surface area (Å²) in [6.07, 6.45) is 2.05. The molecule has 0 bridgehead atoms. The zero-order valence-electron chi connectivity index (χ0n) is 15.1. The first-order chi connectivity index (χ1) is 12.9. The highest BCUT2D eigenvalue weighted by atomic mass is 15.1. The highest BCUT2D eigenvalue weighted by Gasteiger charge is 1.99. The number of aromatic nitrogens is 2. The Bertz CT molecular complexity index is 676. The van der Waals surface area contributed by atoms with Gasteiger partial charge in [-0.25, -0.2) is 0 Å². The summed E-state index contributed by atoms with van der Waals surface area (Å²) in [4.78, 5) is 0. The van der Waals surface area contributed by atoms with Crippen molar-refractivity contribution in [2.45, 2.75) is 25.9 Å². The average molecular weight is 346 g/mol. The second kappa shape index (κ2) is 10.4. The summed E-state index contributed by atoms with van der Waals surface area (Å²) in [6, 6.07) is 25.1. The Morgan fingerprint density at radius 2 is 0.962 bits per heavy atom. The number of nitrogens with one attached hydrogen (secondary N) is 2. The van der Waals surface area contributed by atoms with Gasteiger partial charge in [-0.2, -0.15) is 10.2 Å². The van der Waals surface area contributed by atoms with E-state index < -0.39 is 0 Å². The number of benzene rings is 2. The summed E-state index contributed by atoms with van der Waals surface area (Å²) in [5, 5.41) is 15.5. The van der Waals surface area contributed by atoms with Gasteiger partial charge in [-0.1, -0.05) is 60.7 Å². The molecule has 4 heteroatoms. The van der Waals surface area contributed by atoms with Crippen molar-refractivity contribution in [3.63, 3.8) is 0 Å². The van der Waals surface area contributed by atoms with Gasteiger partial charge in [-0.3, -0.25) is 0 Å². The molecule has 1 heterocycles. The van der Waals surface area contributed by atoms with Crippen LogP contribution < -0.4 is 10.6 Å². The topological polar surface area (TPSA) is 49.8 Å². The first-order valence-electron chi connectivity index (χ1n) is 9.21. The van der Waals surface area contributed by atoms with Crippen molar-refractivity contribution < 1.29 is 0 Å². The van der Waals surface area contributed by atoms with Gasteiger partial charge < -0.3 is 10.6 Å². The molecule has 0 aliphatic carbocycles. The molecule has 134 valence electrons. The Kier molecular flexibility index (Phi) is 7.32. The SMILES string of the molecule is c1ccc(CCNCc2ccc(CNCCc3ccccc3)nn2)cc1. The molecule has 3 aromatic rings. The molecule has 0 saturated carbocycles. The zero-order chi connectivity index (χ0) is 17.9. The zero-order valence-corrected chi connectivity index (χ0v) is 15.1. The van der Waals surface area contributed by atoms with Gasteiger partial charge in [0.25, 0.3) is 0 Å². The third-order valence-electron chi connectivity index (χ3n) is 4.25. The van der Waals surface area contributed by atoms with Crippen LogP contribution in [0.25, 0.3) is 0 Å². The number of nitrogens with zero attached hydrogens (tertiary/aromatic N) is 2. The van der Waals surface area contributed by atoms with E-state index in [-0.39, 0.29) is 0 Å². The van der Waals surface area contributed by atoms with Crippen molar-refractivity contribution in [3.8, 4) is 0 Å². The minimum atomic E-state index is 0.752. The second-order valence-corrected chi connectivity index (χ2v) is 6.34. The van der Waals surface area contributed by atoms with Gasteiger partial charge in [-0.05, 0) is 49.2 Å². The van der Waals surface area contributed by atoms with Crippen LogP contribution >= 0.6 is 0 Å². The van der Waals surface area contributed by atoms with Gasteiger partial charge in [0.05, 0.1) is 11.4 Å². The fraction of sp³-hybridized carbons (Fsp3) is 0.273. The molecule has 4 nitrogen and oxygen atoms in total. The molecule has 1 aromatic heterocycles. The Morgan fingerprint density at radius 3 is 1.35 bits per heavy atom. The predicted molar refractivity (Wildman–Crippen MR) is 106 cm³/mol. The second-order valence-electron chi connectivity index (χ2n) is 6.34. The van der Waals surface area contributed by atoms with Crippen LogP contribution in [0.15, 0.2) is 72.8 Å². The highest BCUT2D eigenvalue weighted by molar-refractivity contribution is 5.15. The Hall–Kier alpha value is -2.56. The van der Waals surface area contributed by atoms with Crippen molar-refractivity contribution in [1.82, 2.24) is 20.8 Å². The van der Waals surface area contributed by atoms with Gasteiger partial charge in [0.15, 0.2) is 0 Å². The summed E-state index contributed by atoms with van der Waals surface area (Å²) >= 11 is 0. The van der Waals surface area contributed by atoms with Crippen LogP contribution in [0.4, 0.5) is 0 Å². The lowest BCUT2D eigenvalue weighted by Gasteiger charge is -2.06. The summed E-state index contributed by atoms with van der Waals surface area (Å²) in [6.45, 7) is 3.38. The maximum Gasteiger partial charge on any atom is 0.0769 e. The molecule has 0 saturated heterocycles. The first kappa shape index (κ1) is 18.2. The summed E-state index contributed by atoms with van der Waals surface area (Å²) < 4.78 is 0. The van der Waals surface area contributed by atoms with E-state index in [1.54, 1.807) is 0 Å². The first-order valence-corrected chi connectivity index (χ1v) is 9.21. The third kappa shape index (κ3) is 6.39. The van der Waals surface area contributed by atoms with Crippen LogP contribution in [0.5, 0.6) is 0 Å². The van der Waals surface area contributed by atoms with E-state index in [2.05, 4.69) is 81.5 Å². The molecule has 0 fully saturated rings. The smallest absolute Gasteiger partial charge is 0.0769 e. The minimum Gasteiger partial charge on any atom is -0.311 e. The van der Waals surface area contributed by atoms with Crippen LogP contribution in [0.2, 0.25) is 0 Å². The lowest BCUT2D eigenvalue weighted by atomic mass is 10.1. The molecule has 0 atom stereocenters. The fourth-order valence-electron chi connectivity index (χ4n) is 2.76. The van der Waals surface area contributed by atoms with Crippen LogP contribution in [0, 0.1) is 0 Å². The van der Waals surface area contributed by atoms with Crippen LogP contribution in [-0.2, 0) is 25.9 Å². The molecular formula is C22H26N4. The molecule has 26 heavy (non-hydrogen) atoms. The van der Waals surface area contributed by atoms with Crippen molar-refractivity contribution in [2.24, 2.45) is 0 Å². The van der Waals surface area contributed by atoms with Crippen LogP contribution in [0.1, 0.15) is 22.5 Å². The van der Waals surface area contributed by atoms with E-state index in [1.807, 2.05) is 12.1 Å². The molecule has 0 radical (unpaired) electrons. The average Bonchev–Trinajstić information content (AvgIpc) is 2.71. The Labute approximate surface area is 155 Å². The van der Waals surface area contributed by atoms with E-state index in [1.165, 1.54) is 11.1 Å². The standard InChI is InChI=1S/C22H26N4/c1-3-7-19(8-4-1)13-15-23-17-21-11-12-22(26-25-21)18-24-16-14-20-9-5-2-6-10-20/h1-12,23-24H,13-18H2. The van der Waals surface area contributed by atoms with Gasteiger partial charge in [0.1, 0.15) is 0 Å². The quantitative estimate of drug-likeness (QED) is 0.554. The molecule has 0 aliphatic heterocycles. The Balaban J connectivity index is 1.31. The lowest BCUT2D eigenvalue weighted by molar-refractivity contribution is 0.644. The van der Waals surface area contributed by atoms with E-state index in [0.29, 0.717) is 0 Å². The Morgan fingerprint density at radius 1 is 0.538 bits per heavy atom. The molecule has 0 aliphatic rings. The van der Waals surface area contributed by atoms with Crippen LogP contribution in [-0.4, -0.2) is 23.3 Å².